The lowest BCUT2D eigenvalue weighted by Gasteiger charge is -2.02. The Balaban J connectivity index is 2.57. The van der Waals surface area contributed by atoms with Crippen molar-refractivity contribution in [1.29, 1.82) is 0 Å². The van der Waals surface area contributed by atoms with Gasteiger partial charge in [0, 0.05) is 13.3 Å². The van der Waals surface area contributed by atoms with Gasteiger partial charge in [-0.25, -0.2) is 0 Å². The van der Waals surface area contributed by atoms with Crippen LogP contribution >= 0.6 is 0 Å². The van der Waals surface area contributed by atoms with Crippen molar-refractivity contribution in [1.82, 2.24) is 0 Å². The molecule has 0 atom stereocenters. The molecular weight excluding hydrogens is 168 g/mol. The van der Waals surface area contributed by atoms with Crippen LogP contribution in [0.15, 0.2) is 42.5 Å². The van der Waals surface area contributed by atoms with Crippen molar-refractivity contribution >= 4 is 10.8 Å². The highest BCUT2D eigenvalue weighted by molar-refractivity contribution is 5.85. The molecule has 0 fully saturated rings. The lowest BCUT2D eigenvalue weighted by atomic mass is 10.0. The van der Waals surface area contributed by atoms with E-state index < -0.39 is 0 Å². The van der Waals surface area contributed by atoms with Crippen molar-refractivity contribution in [3.05, 3.63) is 55.0 Å². The summed E-state index contributed by atoms with van der Waals surface area (Å²) in [7, 11) is 0. The molecule has 0 saturated heterocycles. The summed E-state index contributed by atoms with van der Waals surface area (Å²) in [6.45, 7) is 3.52. The van der Waals surface area contributed by atoms with Gasteiger partial charge in [0.2, 0.25) is 0 Å². The Bertz CT molecular complexity index is 493. The summed E-state index contributed by atoms with van der Waals surface area (Å²) in [6.07, 6.45) is 0.783. The van der Waals surface area contributed by atoms with E-state index >= 15 is 0 Å². The van der Waals surface area contributed by atoms with E-state index in [4.69, 9.17) is 0 Å². The van der Waals surface area contributed by atoms with Crippen LogP contribution in [0.2, 0.25) is 0 Å². The smallest absolute Gasteiger partial charge is 0.0346 e. The molecule has 0 amide bonds. The van der Waals surface area contributed by atoms with Gasteiger partial charge in [-0.1, -0.05) is 48.4 Å². The van der Waals surface area contributed by atoms with Crippen molar-refractivity contribution in [3.8, 4) is 11.8 Å². The number of rotatable bonds is 1. The molecule has 67 valence electrons. The lowest BCUT2D eigenvalue weighted by Crippen LogP contribution is -1.83. The predicted molar refractivity (Wildman–Crippen MR) is 60.8 cm³/mol. The van der Waals surface area contributed by atoms with Crippen LogP contribution in [0.25, 0.3) is 10.8 Å². The Kier molecular flexibility index (Phi) is 2.51. The second kappa shape index (κ2) is 3.98. The number of hydrogen-bond acceptors (Lipinski definition) is 0. The average molecular weight is 179 g/mol. The molecule has 2 aromatic rings. The third-order valence-corrected chi connectivity index (χ3v) is 2.28. The molecule has 0 heteroatoms. The van der Waals surface area contributed by atoms with Gasteiger partial charge in [0.15, 0.2) is 0 Å². The Labute approximate surface area is 84.6 Å². The van der Waals surface area contributed by atoms with E-state index in [0.717, 1.165) is 6.42 Å². The van der Waals surface area contributed by atoms with Crippen LogP contribution in [0.3, 0.4) is 0 Å². The zero-order valence-electron chi connectivity index (χ0n) is 7.96. The van der Waals surface area contributed by atoms with Crippen LogP contribution in [0.4, 0.5) is 0 Å². The molecule has 0 spiro atoms. The van der Waals surface area contributed by atoms with E-state index in [1.54, 1.807) is 0 Å². The summed E-state index contributed by atoms with van der Waals surface area (Å²) in [5.41, 5.74) is 1.28. The molecule has 0 heterocycles. The minimum absolute atomic E-state index is 0.783. The van der Waals surface area contributed by atoms with Gasteiger partial charge in [0.1, 0.15) is 0 Å². The molecule has 1 radical (unpaired) electrons. The maximum atomic E-state index is 3.52. The van der Waals surface area contributed by atoms with E-state index in [2.05, 4.69) is 61.2 Å². The molecule has 0 aliphatic heterocycles. The first-order chi connectivity index (χ1) is 6.92. The highest BCUT2D eigenvalue weighted by Crippen LogP contribution is 2.18. The first-order valence-electron chi connectivity index (χ1n) is 4.63. The minimum Gasteiger partial charge on any atom is -0.102 e. The zero-order valence-corrected chi connectivity index (χ0v) is 7.96. The van der Waals surface area contributed by atoms with E-state index in [-0.39, 0.29) is 0 Å². The summed E-state index contributed by atoms with van der Waals surface area (Å²) in [5.74, 6) is 5.68. The van der Waals surface area contributed by atoms with Gasteiger partial charge in [0.25, 0.3) is 0 Å². The normalized spacial score (nSPS) is 9.50. The maximum Gasteiger partial charge on any atom is 0.0346 e. The van der Waals surface area contributed by atoms with Crippen LogP contribution in [-0.4, -0.2) is 0 Å². The second-order valence-electron chi connectivity index (χ2n) is 3.17. The first kappa shape index (κ1) is 8.84. The van der Waals surface area contributed by atoms with Gasteiger partial charge < -0.3 is 0 Å². The van der Waals surface area contributed by atoms with Crippen molar-refractivity contribution in [2.75, 3.05) is 0 Å². The van der Waals surface area contributed by atoms with E-state index in [9.17, 15) is 0 Å². The summed E-state index contributed by atoms with van der Waals surface area (Å²) >= 11 is 0. The number of benzene rings is 2. The highest BCUT2D eigenvalue weighted by atomic mass is 14.0. The molecule has 0 unspecified atom stereocenters. The van der Waals surface area contributed by atoms with Gasteiger partial charge in [0.05, 0.1) is 0 Å². The molecular formula is C14H11. The zero-order chi connectivity index (χ0) is 9.80. The van der Waals surface area contributed by atoms with Crippen LogP contribution < -0.4 is 0 Å². The molecule has 0 aliphatic rings. The predicted octanol–water partition coefficient (Wildman–Crippen LogP) is 3.22. The molecule has 0 aliphatic carbocycles. The van der Waals surface area contributed by atoms with Crippen molar-refractivity contribution in [2.24, 2.45) is 0 Å². The molecule has 0 saturated carbocycles. The molecule has 0 aromatic heterocycles. The third kappa shape index (κ3) is 1.63. The average Bonchev–Trinajstić information content (AvgIpc) is 2.26. The Morgan fingerprint density at radius 2 is 1.79 bits per heavy atom. The largest absolute Gasteiger partial charge is 0.102 e. The first-order valence-corrected chi connectivity index (χ1v) is 4.63. The van der Waals surface area contributed by atoms with Gasteiger partial charge in [-0.05, 0) is 16.3 Å². The lowest BCUT2D eigenvalue weighted by molar-refractivity contribution is 1.36. The van der Waals surface area contributed by atoms with Crippen LogP contribution in [0, 0.1) is 18.8 Å². The molecule has 0 nitrogen and oxygen atoms in total. The quantitative estimate of drug-likeness (QED) is 0.590. The Hall–Kier alpha value is -1.74. The Morgan fingerprint density at radius 3 is 2.64 bits per heavy atom. The molecule has 2 aromatic carbocycles. The summed E-state index contributed by atoms with van der Waals surface area (Å²) in [6, 6.07) is 14.7. The fraction of sp³-hybridized carbons (Fsp3) is 0.0714. The SMILES string of the molecule is [CH2]C#CCc1cccc2ccccc12. The fourth-order valence-corrected chi connectivity index (χ4v) is 1.60. The van der Waals surface area contributed by atoms with Crippen molar-refractivity contribution < 1.29 is 0 Å². The van der Waals surface area contributed by atoms with Gasteiger partial charge >= 0.3 is 0 Å². The summed E-state index contributed by atoms with van der Waals surface area (Å²) in [4.78, 5) is 0. The second-order valence-corrected chi connectivity index (χ2v) is 3.17. The molecule has 0 N–H and O–H groups in total. The van der Waals surface area contributed by atoms with Crippen molar-refractivity contribution in [3.63, 3.8) is 0 Å². The van der Waals surface area contributed by atoms with Gasteiger partial charge in [-0.15, -0.1) is 5.92 Å². The number of fused-ring (bicyclic) bond motifs is 1. The van der Waals surface area contributed by atoms with Crippen LogP contribution in [0.1, 0.15) is 5.56 Å². The van der Waals surface area contributed by atoms with Crippen LogP contribution in [-0.2, 0) is 6.42 Å². The number of hydrogen-bond donors (Lipinski definition) is 0. The van der Waals surface area contributed by atoms with E-state index in [0.29, 0.717) is 0 Å². The van der Waals surface area contributed by atoms with Gasteiger partial charge in [-0.3, -0.25) is 0 Å². The van der Waals surface area contributed by atoms with E-state index in [1.165, 1.54) is 16.3 Å². The standard InChI is InChI=1S/C14H11/c1-2-3-7-12-9-6-10-13-8-4-5-11-14(12)13/h4-6,8-11H,1,7H2. The monoisotopic (exact) mass is 179 g/mol. The van der Waals surface area contributed by atoms with Crippen molar-refractivity contribution in [2.45, 2.75) is 6.42 Å². The summed E-state index contributed by atoms with van der Waals surface area (Å²) < 4.78 is 0. The Morgan fingerprint density at radius 1 is 1.00 bits per heavy atom. The minimum atomic E-state index is 0.783. The third-order valence-electron chi connectivity index (χ3n) is 2.28. The molecule has 0 bridgehead atoms. The maximum absolute atomic E-state index is 3.52. The molecule has 2 rings (SSSR count). The highest BCUT2D eigenvalue weighted by Gasteiger charge is 1.96. The molecule has 14 heavy (non-hydrogen) atoms. The topological polar surface area (TPSA) is 0 Å². The van der Waals surface area contributed by atoms with E-state index in [1.807, 2.05) is 0 Å². The fourth-order valence-electron chi connectivity index (χ4n) is 1.60. The summed E-state index contributed by atoms with van der Waals surface area (Å²) in [5, 5.41) is 2.56. The van der Waals surface area contributed by atoms with Crippen LogP contribution in [0.5, 0.6) is 0 Å². The van der Waals surface area contributed by atoms with Gasteiger partial charge in [-0.2, -0.15) is 0 Å².